The summed E-state index contributed by atoms with van der Waals surface area (Å²) in [5, 5.41) is 8.86. The number of benzene rings is 2. The molecule has 0 saturated carbocycles. The van der Waals surface area contributed by atoms with E-state index in [1.54, 1.807) is 24.1 Å². The van der Waals surface area contributed by atoms with Crippen LogP contribution in [0.5, 0.6) is 5.75 Å². The first kappa shape index (κ1) is 18.5. The highest BCUT2D eigenvalue weighted by molar-refractivity contribution is 5.99. The number of likely N-dealkylation sites (tertiary alicyclic amines) is 1. The molecule has 2 aromatic rings. The first-order valence-electron chi connectivity index (χ1n) is 8.61. The van der Waals surface area contributed by atoms with Gasteiger partial charge in [-0.1, -0.05) is 24.3 Å². The van der Waals surface area contributed by atoms with Crippen LogP contribution in [0.25, 0.3) is 11.1 Å². The monoisotopic (exact) mass is 364 g/mol. The van der Waals surface area contributed by atoms with E-state index in [2.05, 4.69) is 10.8 Å². The summed E-state index contributed by atoms with van der Waals surface area (Å²) in [4.78, 5) is 25.3. The first-order chi connectivity index (χ1) is 13.0. The Morgan fingerprint density at radius 1 is 1.15 bits per heavy atom. The summed E-state index contributed by atoms with van der Waals surface area (Å²) in [6.07, 6.45) is 0.394. The van der Waals surface area contributed by atoms with E-state index in [9.17, 15) is 9.59 Å². The molecule has 27 heavy (non-hydrogen) atoms. The van der Waals surface area contributed by atoms with Crippen molar-refractivity contribution in [2.75, 3.05) is 20.8 Å². The molecule has 0 unspecified atom stereocenters. The van der Waals surface area contributed by atoms with Gasteiger partial charge in [0.1, 0.15) is 18.3 Å². The van der Waals surface area contributed by atoms with Crippen molar-refractivity contribution in [3.05, 3.63) is 54.1 Å². The maximum Gasteiger partial charge on any atom is 0.318 e. The second-order valence-corrected chi connectivity index (χ2v) is 6.44. The van der Waals surface area contributed by atoms with Gasteiger partial charge in [-0.3, -0.25) is 9.59 Å². The molecule has 0 aliphatic carbocycles. The summed E-state index contributed by atoms with van der Waals surface area (Å²) < 4.78 is 10.5. The van der Waals surface area contributed by atoms with Gasteiger partial charge in [0.05, 0.1) is 24.8 Å². The minimum absolute atomic E-state index is 0.167. The lowest BCUT2D eigenvalue weighted by Gasteiger charge is -2.20. The minimum atomic E-state index is -0.743. The molecule has 2 aromatic carbocycles. The highest BCUT2D eigenvalue weighted by Crippen LogP contribution is 2.26. The van der Waals surface area contributed by atoms with E-state index in [1.165, 1.54) is 7.11 Å². The maximum atomic E-state index is 12.1. The Hall–Kier alpha value is -3.33. The molecule has 1 amide bonds. The third kappa shape index (κ3) is 3.93. The maximum absolute atomic E-state index is 12.1. The molecule has 1 fully saturated rings. The smallest absolute Gasteiger partial charge is 0.318 e. The third-order valence-electron chi connectivity index (χ3n) is 4.83. The number of carbonyl (C=O) groups excluding carboxylic acids is 2. The normalized spacial score (nSPS) is 18.9. The van der Waals surface area contributed by atoms with Crippen LogP contribution in [0.2, 0.25) is 0 Å². The summed E-state index contributed by atoms with van der Waals surface area (Å²) in [6, 6.07) is 16.9. The molecule has 0 N–H and O–H groups in total. The van der Waals surface area contributed by atoms with Gasteiger partial charge in [-0.25, -0.2) is 0 Å². The van der Waals surface area contributed by atoms with Gasteiger partial charge in [-0.2, -0.15) is 5.26 Å². The van der Waals surface area contributed by atoms with Gasteiger partial charge in [0.25, 0.3) is 0 Å². The second-order valence-electron chi connectivity index (χ2n) is 6.44. The number of nitriles is 1. The first-order valence-corrected chi connectivity index (χ1v) is 8.61. The van der Waals surface area contributed by atoms with E-state index in [-0.39, 0.29) is 11.9 Å². The molecule has 2 atom stereocenters. The average molecular weight is 364 g/mol. The van der Waals surface area contributed by atoms with Crippen LogP contribution in [0, 0.1) is 17.2 Å². The number of rotatable bonds is 5. The van der Waals surface area contributed by atoms with E-state index < -0.39 is 11.9 Å². The average Bonchev–Trinajstić information content (AvgIpc) is 3.00. The lowest BCUT2D eigenvalue weighted by molar-refractivity contribution is -0.150. The quantitative estimate of drug-likeness (QED) is 0.602. The van der Waals surface area contributed by atoms with Crippen LogP contribution in [-0.2, 0) is 14.3 Å². The molecular weight excluding hydrogens is 344 g/mol. The molecule has 0 aromatic heterocycles. The standard InChI is InChI=1S/C21H20N2O4/c1-23-17(11-19(20(23)24)21(25)26-2)13-27-18-9-7-16(8-10-18)15-5-3-14(12-22)4-6-15/h3-10,17,19H,11,13H2,1-2H3/t17-,19+/m0/s1. The van der Waals surface area contributed by atoms with Crippen LogP contribution in [0.1, 0.15) is 12.0 Å². The van der Waals surface area contributed by atoms with Gasteiger partial charge in [0.15, 0.2) is 0 Å². The van der Waals surface area contributed by atoms with Gasteiger partial charge < -0.3 is 14.4 Å². The molecule has 1 heterocycles. The van der Waals surface area contributed by atoms with Crippen LogP contribution in [-0.4, -0.2) is 43.6 Å². The van der Waals surface area contributed by atoms with Crippen molar-refractivity contribution in [2.45, 2.75) is 12.5 Å². The predicted octanol–water partition coefficient (Wildman–Crippen LogP) is 2.62. The number of carbonyl (C=O) groups is 2. The van der Waals surface area contributed by atoms with E-state index in [0.29, 0.717) is 24.3 Å². The van der Waals surface area contributed by atoms with Crippen molar-refractivity contribution in [3.8, 4) is 22.9 Å². The Morgan fingerprint density at radius 2 is 1.74 bits per heavy atom. The van der Waals surface area contributed by atoms with E-state index >= 15 is 0 Å². The second kappa shape index (κ2) is 7.92. The number of ether oxygens (including phenoxy) is 2. The molecule has 6 nitrogen and oxygen atoms in total. The molecule has 0 radical (unpaired) electrons. The predicted molar refractivity (Wildman–Crippen MR) is 98.8 cm³/mol. The van der Waals surface area contributed by atoms with Gasteiger partial charge in [-0.15, -0.1) is 0 Å². The van der Waals surface area contributed by atoms with Crippen LogP contribution >= 0.6 is 0 Å². The summed E-state index contributed by atoms with van der Waals surface area (Å²) in [7, 11) is 2.96. The van der Waals surface area contributed by atoms with E-state index in [4.69, 9.17) is 10.00 Å². The van der Waals surface area contributed by atoms with Crippen LogP contribution in [0.3, 0.4) is 0 Å². The molecule has 3 rings (SSSR count). The number of amides is 1. The van der Waals surface area contributed by atoms with Crippen molar-refractivity contribution in [1.82, 2.24) is 4.90 Å². The Balaban J connectivity index is 1.61. The van der Waals surface area contributed by atoms with Crippen molar-refractivity contribution >= 4 is 11.9 Å². The van der Waals surface area contributed by atoms with Crippen molar-refractivity contribution in [2.24, 2.45) is 5.92 Å². The van der Waals surface area contributed by atoms with Crippen LogP contribution < -0.4 is 4.74 Å². The third-order valence-corrected chi connectivity index (χ3v) is 4.83. The highest BCUT2D eigenvalue weighted by Gasteiger charge is 2.42. The molecule has 1 aliphatic heterocycles. The SMILES string of the molecule is COC(=O)[C@@H]1C[C@@H](COc2ccc(-c3ccc(C#N)cc3)cc2)N(C)C1=O. The Morgan fingerprint density at radius 3 is 2.30 bits per heavy atom. The molecule has 0 spiro atoms. The fourth-order valence-electron chi connectivity index (χ4n) is 3.15. The zero-order valence-electron chi connectivity index (χ0n) is 15.2. The van der Waals surface area contributed by atoms with Gasteiger partial charge >= 0.3 is 5.97 Å². The lowest BCUT2D eigenvalue weighted by Crippen LogP contribution is -2.34. The molecule has 1 aliphatic rings. The van der Waals surface area contributed by atoms with Crippen molar-refractivity contribution in [3.63, 3.8) is 0 Å². The number of likely N-dealkylation sites (N-methyl/N-ethyl adjacent to an activating group) is 1. The largest absolute Gasteiger partial charge is 0.491 e. The molecule has 1 saturated heterocycles. The fraction of sp³-hybridized carbons (Fsp3) is 0.286. The van der Waals surface area contributed by atoms with Crippen LogP contribution in [0.15, 0.2) is 48.5 Å². The zero-order chi connectivity index (χ0) is 19.4. The van der Waals surface area contributed by atoms with Crippen molar-refractivity contribution in [1.29, 1.82) is 5.26 Å². The van der Waals surface area contributed by atoms with Gasteiger partial charge in [0, 0.05) is 7.05 Å². The Bertz CT molecular complexity index is 869. The number of hydrogen-bond donors (Lipinski definition) is 0. The summed E-state index contributed by atoms with van der Waals surface area (Å²) in [5.74, 6) is -0.783. The molecular formula is C21H20N2O4. The number of methoxy groups -OCH3 is 1. The topological polar surface area (TPSA) is 79.6 Å². The zero-order valence-corrected chi connectivity index (χ0v) is 15.2. The van der Waals surface area contributed by atoms with E-state index in [0.717, 1.165) is 11.1 Å². The number of esters is 1. The fourth-order valence-corrected chi connectivity index (χ4v) is 3.15. The Kier molecular flexibility index (Phi) is 5.41. The van der Waals surface area contributed by atoms with Crippen molar-refractivity contribution < 1.29 is 19.1 Å². The summed E-state index contributed by atoms with van der Waals surface area (Å²) in [6.45, 7) is 0.311. The lowest BCUT2D eigenvalue weighted by atomic mass is 10.0. The number of nitrogens with zero attached hydrogens (tertiary/aromatic N) is 2. The van der Waals surface area contributed by atoms with Gasteiger partial charge in [-0.05, 0) is 41.8 Å². The van der Waals surface area contributed by atoms with Gasteiger partial charge in [0.2, 0.25) is 5.91 Å². The minimum Gasteiger partial charge on any atom is -0.491 e. The summed E-state index contributed by atoms with van der Waals surface area (Å²) >= 11 is 0. The highest BCUT2D eigenvalue weighted by atomic mass is 16.5. The summed E-state index contributed by atoms with van der Waals surface area (Å²) in [5.41, 5.74) is 2.66. The molecule has 138 valence electrons. The molecule has 6 heteroatoms. The Labute approximate surface area is 157 Å². The van der Waals surface area contributed by atoms with E-state index in [1.807, 2.05) is 36.4 Å². The van der Waals surface area contributed by atoms with Crippen LogP contribution in [0.4, 0.5) is 0 Å². The number of hydrogen-bond acceptors (Lipinski definition) is 5. The molecule has 0 bridgehead atoms.